The van der Waals surface area contributed by atoms with E-state index in [1.807, 2.05) is 66.7 Å². The zero-order valence-corrected chi connectivity index (χ0v) is 16.5. The number of anilines is 2. The maximum Gasteiger partial charge on any atom is 0.326 e. The van der Waals surface area contributed by atoms with E-state index in [2.05, 4.69) is 22.4 Å². The fourth-order valence-corrected chi connectivity index (χ4v) is 4.10. The fraction of sp³-hybridized carbons (Fsp3) is 0.120. The predicted molar refractivity (Wildman–Crippen MR) is 121 cm³/mol. The molecule has 5 nitrogen and oxygen atoms in total. The van der Waals surface area contributed by atoms with E-state index in [1.54, 1.807) is 11.1 Å². The molecule has 30 heavy (non-hydrogen) atoms. The molecular weight excluding hydrogens is 372 g/mol. The van der Waals surface area contributed by atoms with Gasteiger partial charge in [-0.05, 0) is 47.2 Å². The van der Waals surface area contributed by atoms with Crippen LogP contribution in [0, 0.1) is 0 Å². The second kappa shape index (κ2) is 7.61. The lowest BCUT2D eigenvalue weighted by molar-refractivity contribution is 0.257. The van der Waals surface area contributed by atoms with Crippen molar-refractivity contribution < 1.29 is 4.79 Å². The Morgan fingerprint density at radius 2 is 1.83 bits per heavy atom. The maximum absolute atomic E-state index is 12.9. The molecule has 1 atom stereocenters. The number of para-hydroxylation sites is 1. The number of carbonyl (C=O) groups excluding carboxylic acids is 1. The smallest absolute Gasteiger partial charge is 0.319 e. The molecule has 0 fully saturated rings. The van der Waals surface area contributed by atoms with E-state index in [9.17, 15) is 4.79 Å². The number of benzene rings is 3. The Bertz CT molecular complexity index is 1230. The van der Waals surface area contributed by atoms with Gasteiger partial charge in [0.2, 0.25) is 0 Å². The molecule has 0 saturated carbocycles. The minimum atomic E-state index is -0.388. The van der Waals surface area contributed by atoms with Crippen molar-refractivity contribution in [2.75, 3.05) is 16.8 Å². The summed E-state index contributed by atoms with van der Waals surface area (Å²) in [6, 6.07) is 25.3. The number of rotatable bonds is 3. The van der Waals surface area contributed by atoms with Gasteiger partial charge in [0.25, 0.3) is 0 Å². The molecule has 0 spiro atoms. The van der Waals surface area contributed by atoms with E-state index >= 15 is 0 Å². The van der Waals surface area contributed by atoms with E-state index in [-0.39, 0.29) is 12.1 Å². The van der Waals surface area contributed by atoms with Crippen LogP contribution in [0.15, 0.2) is 85.1 Å². The molecule has 3 N–H and O–H groups in total. The average molecular weight is 394 g/mol. The molecule has 1 aliphatic heterocycles. The molecule has 0 bridgehead atoms. The number of pyridine rings is 1. The van der Waals surface area contributed by atoms with Crippen LogP contribution in [0.3, 0.4) is 0 Å². The molecule has 1 unspecified atom stereocenters. The first-order chi connectivity index (χ1) is 14.7. The van der Waals surface area contributed by atoms with Gasteiger partial charge in [-0.25, -0.2) is 4.79 Å². The van der Waals surface area contributed by atoms with Gasteiger partial charge in [0.1, 0.15) is 0 Å². The van der Waals surface area contributed by atoms with Crippen molar-refractivity contribution in [2.24, 2.45) is 5.73 Å². The van der Waals surface area contributed by atoms with Crippen LogP contribution >= 0.6 is 0 Å². The summed E-state index contributed by atoms with van der Waals surface area (Å²) in [5.74, 6) is 0. The van der Waals surface area contributed by atoms with Crippen molar-refractivity contribution in [3.05, 3.63) is 102 Å². The van der Waals surface area contributed by atoms with Gasteiger partial charge >= 0.3 is 6.03 Å². The number of hydrogen-bond acceptors (Lipinski definition) is 3. The lowest BCUT2D eigenvalue weighted by atomic mass is 9.99. The molecule has 148 valence electrons. The number of aromatic nitrogens is 1. The lowest BCUT2D eigenvalue weighted by Gasteiger charge is -2.19. The second-order valence-electron chi connectivity index (χ2n) is 7.48. The normalized spacial score (nSPS) is 13.8. The van der Waals surface area contributed by atoms with E-state index in [0.717, 1.165) is 39.8 Å². The van der Waals surface area contributed by atoms with Crippen molar-refractivity contribution >= 4 is 28.2 Å². The van der Waals surface area contributed by atoms with Crippen molar-refractivity contribution in [1.29, 1.82) is 0 Å². The zero-order valence-electron chi connectivity index (χ0n) is 16.5. The molecule has 1 aliphatic rings. The summed E-state index contributed by atoms with van der Waals surface area (Å²) in [5, 5.41) is 5.16. The highest BCUT2D eigenvalue weighted by molar-refractivity contribution is 6.03. The Labute approximate surface area is 175 Å². The molecule has 5 rings (SSSR count). The molecule has 0 saturated heterocycles. The Kier molecular flexibility index (Phi) is 4.65. The predicted octanol–water partition coefficient (Wildman–Crippen LogP) is 4.88. The molecule has 3 aromatic carbocycles. The number of nitrogens with zero attached hydrogens (tertiary/aromatic N) is 2. The number of carbonyl (C=O) groups is 1. The van der Waals surface area contributed by atoms with Gasteiger partial charge in [0.15, 0.2) is 0 Å². The van der Waals surface area contributed by atoms with Crippen molar-refractivity contribution in [2.45, 2.75) is 12.5 Å². The van der Waals surface area contributed by atoms with E-state index in [1.165, 1.54) is 5.56 Å². The second-order valence-corrected chi connectivity index (χ2v) is 7.48. The van der Waals surface area contributed by atoms with Crippen LogP contribution in [-0.4, -0.2) is 17.6 Å². The van der Waals surface area contributed by atoms with E-state index in [0.29, 0.717) is 6.54 Å². The first-order valence-corrected chi connectivity index (χ1v) is 10.1. The minimum absolute atomic E-state index is 0.131. The molecule has 2 amide bonds. The quantitative estimate of drug-likeness (QED) is 0.520. The highest BCUT2D eigenvalue weighted by atomic mass is 16.2. The number of hydrogen-bond donors (Lipinski definition) is 2. The molecular formula is C25H22N4O. The molecule has 0 aliphatic carbocycles. The molecule has 1 aromatic heterocycles. The minimum Gasteiger partial charge on any atom is -0.319 e. The molecule has 0 radical (unpaired) electrons. The van der Waals surface area contributed by atoms with Gasteiger partial charge < -0.3 is 11.1 Å². The Morgan fingerprint density at radius 1 is 1.00 bits per heavy atom. The van der Waals surface area contributed by atoms with E-state index < -0.39 is 0 Å². The Balaban J connectivity index is 1.40. The first kappa shape index (κ1) is 18.3. The summed E-state index contributed by atoms with van der Waals surface area (Å²) in [4.78, 5) is 19.2. The first-order valence-electron chi connectivity index (χ1n) is 10.1. The standard InChI is InChI=1S/C25H22N4O/c26-23(24-21-10-3-1-6-17(21)12-14-27-24)19-8-5-9-20(16-19)28-25(30)29-15-13-18-7-2-4-11-22(18)29/h1-12,14,16,23H,13,15,26H2,(H,28,30). The van der Waals surface area contributed by atoms with Crippen molar-refractivity contribution in [3.63, 3.8) is 0 Å². The Morgan fingerprint density at radius 3 is 2.77 bits per heavy atom. The third-order valence-corrected chi connectivity index (χ3v) is 5.63. The Hall–Kier alpha value is -3.70. The summed E-state index contributed by atoms with van der Waals surface area (Å²) in [5.41, 5.74) is 11.2. The monoisotopic (exact) mass is 394 g/mol. The van der Waals surface area contributed by atoms with Crippen LogP contribution in [0.25, 0.3) is 10.8 Å². The average Bonchev–Trinajstić information content (AvgIpc) is 3.23. The van der Waals surface area contributed by atoms with E-state index in [4.69, 9.17) is 5.73 Å². The van der Waals surface area contributed by atoms with Crippen LogP contribution < -0.4 is 16.0 Å². The third-order valence-electron chi connectivity index (χ3n) is 5.63. The SMILES string of the molecule is NC(c1cccc(NC(=O)N2CCc3ccccc32)c1)c1nccc2ccccc12. The lowest BCUT2D eigenvalue weighted by Crippen LogP contribution is -2.33. The van der Waals surface area contributed by atoms with Gasteiger partial charge in [-0.1, -0.05) is 54.6 Å². The maximum atomic E-state index is 12.9. The van der Waals surface area contributed by atoms with Gasteiger partial charge in [-0.2, -0.15) is 0 Å². The topological polar surface area (TPSA) is 71.2 Å². The van der Waals surface area contributed by atoms with Gasteiger partial charge in [0, 0.05) is 29.5 Å². The van der Waals surface area contributed by atoms with Gasteiger partial charge in [0.05, 0.1) is 11.7 Å². The highest BCUT2D eigenvalue weighted by Gasteiger charge is 2.24. The summed E-state index contributed by atoms with van der Waals surface area (Å²) in [6.45, 7) is 0.685. The number of nitrogens with one attached hydrogen (secondary N) is 1. The van der Waals surface area contributed by atoms with Crippen molar-refractivity contribution in [3.8, 4) is 0 Å². The van der Waals surface area contributed by atoms with Crippen LogP contribution in [0.5, 0.6) is 0 Å². The number of nitrogens with two attached hydrogens (primary N) is 1. The van der Waals surface area contributed by atoms with Crippen LogP contribution in [0.2, 0.25) is 0 Å². The van der Waals surface area contributed by atoms with Gasteiger partial charge in [-0.3, -0.25) is 9.88 Å². The summed E-state index contributed by atoms with van der Waals surface area (Å²) in [6.07, 6.45) is 2.66. The highest BCUT2D eigenvalue weighted by Crippen LogP contribution is 2.29. The van der Waals surface area contributed by atoms with Crippen LogP contribution in [-0.2, 0) is 6.42 Å². The van der Waals surface area contributed by atoms with Crippen LogP contribution in [0.4, 0.5) is 16.2 Å². The van der Waals surface area contributed by atoms with Gasteiger partial charge in [-0.15, -0.1) is 0 Å². The fourth-order valence-electron chi connectivity index (χ4n) is 4.10. The number of urea groups is 1. The summed E-state index contributed by atoms with van der Waals surface area (Å²) >= 11 is 0. The number of amides is 2. The van der Waals surface area contributed by atoms with Crippen LogP contribution in [0.1, 0.15) is 22.9 Å². The summed E-state index contributed by atoms with van der Waals surface area (Å²) in [7, 11) is 0. The molecule has 4 aromatic rings. The zero-order chi connectivity index (χ0) is 20.5. The summed E-state index contributed by atoms with van der Waals surface area (Å²) < 4.78 is 0. The molecule has 5 heteroatoms. The molecule has 2 heterocycles. The van der Waals surface area contributed by atoms with Crippen molar-refractivity contribution in [1.82, 2.24) is 4.98 Å². The number of fused-ring (bicyclic) bond motifs is 2. The third kappa shape index (κ3) is 3.29. The largest absolute Gasteiger partial charge is 0.326 e.